The largest absolute Gasteiger partial charge is 0.384 e. The molecule has 1 saturated heterocycles. The van der Waals surface area contributed by atoms with Crippen molar-refractivity contribution in [3.05, 3.63) is 53.6 Å². The molecule has 0 aromatic heterocycles. The number of nitrogens with one attached hydrogen (secondary N) is 1. The molecule has 1 N–H and O–H groups in total. The van der Waals surface area contributed by atoms with Crippen LogP contribution in [0.5, 0.6) is 0 Å². The highest BCUT2D eigenvalue weighted by Crippen LogP contribution is 2.26. The lowest BCUT2D eigenvalue weighted by Crippen LogP contribution is -2.39. The Labute approximate surface area is 187 Å². The van der Waals surface area contributed by atoms with Crippen LogP contribution in [0.25, 0.3) is 0 Å². The standard InChI is InChI=1S/C21H26ClN3O5S/c1-2-21(26)30-25(19-7-3-17(22)4-8-19)31(27,28)20-9-5-18(6-10-20)23-11-12-24-13-15-29-16-14-24/h3-10,23H,2,11-16H2,1H3. The van der Waals surface area contributed by atoms with Gasteiger partial charge in [-0.15, -0.1) is 0 Å². The maximum Gasteiger partial charge on any atom is 0.333 e. The van der Waals surface area contributed by atoms with Crippen LogP contribution in [0, 0.1) is 0 Å². The number of carbonyl (C=O) groups is 1. The molecule has 168 valence electrons. The van der Waals surface area contributed by atoms with E-state index in [1.54, 1.807) is 19.1 Å². The van der Waals surface area contributed by atoms with Crippen LogP contribution in [0.3, 0.4) is 0 Å². The Morgan fingerprint density at radius 1 is 1.13 bits per heavy atom. The van der Waals surface area contributed by atoms with Crippen molar-refractivity contribution < 1.29 is 22.8 Å². The van der Waals surface area contributed by atoms with Gasteiger partial charge in [-0.25, -0.2) is 4.79 Å². The van der Waals surface area contributed by atoms with Crippen LogP contribution in [0.4, 0.5) is 11.4 Å². The molecule has 10 heteroatoms. The summed E-state index contributed by atoms with van der Waals surface area (Å²) in [4.78, 5) is 19.3. The molecule has 2 aromatic carbocycles. The van der Waals surface area contributed by atoms with Gasteiger partial charge in [0.15, 0.2) is 0 Å². The van der Waals surface area contributed by atoms with E-state index in [0.717, 1.165) is 45.1 Å². The van der Waals surface area contributed by atoms with E-state index in [2.05, 4.69) is 10.2 Å². The summed E-state index contributed by atoms with van der Waals surface area (Å²) in [6.45, 7) is 6.52. The SMILES string of the molecule is CCC(=O)ON(c1ccc(Cl)cc1)S(=O)(=O)c1ccc(NCCN2CCOCC2)cc1. The molecule has 0 saturated carbocycles. The minimum Gasteiger partial charge on any atom is -0.384 e. The van der Waals surface area contributed by atoms with Crippen molar-refractivity contribution >= 4 is 39.0 Å². The van der Waals surface area contributed by atoms with Crippen LogP contribution in [-0.2, 0) is 24.4 Å². The number of halogens is 1. The van der Waals surface area contributed by atoms with Gasteiger partial charge >= 0.3 is 5.97 Å². The molecule has 0 bridgehead atoms. The van der Waals surface area contributed by atoms with Crippen molar-refractivity contribution in [3.8, 4) is 0 Å². The molecule has 8 nitrogen and oxygen atoms in total. The van der Waals surface area contributed by atoms with E-state index in [9.17, 15) is 13.2 Å². The van der Waals surface area contributed by atoms with Gasteiger partial charge in [0.25, 0.3) is 10.0 Å². The topological polar surface area (TPSA) is 88.2 Å². The van der Waals surface area contributed by atoms with Crippen LogP contribution >= 0.6 is 11.6 Å². The van der Waals surface area contributed by atoms with Crippen molar-refractivity contribution in [1.82, 2.24) is 4.90 Å². The molecule has 0 unspecified atom stereocenters. The molecule has 31 heavy (non-hydrogen) atoms. The zero-order valence-corrected chi connectivity index (χ0v) is 18.9. The summed E-state index contributed by atoms with van der Waals surface area (Å²) in [6, 6.07) is 12.3. The Hall–Kier alpha value is -2.33. The van der Waals surface area contributed by atoms with Crippen molar-refractivity contribution in [2.45, 2.75) is 18.2 Å². The maximum atomic E-state index is 13.2. The average Bonchev–Trinajstić information content (AvgIpc) is 2.79. The molecular formula is C21H26ClN3O5S. The number of rotatable bonds is 9. The summed E-state index contributed by atoms with van der Waals surface area (Å²) in [5.74, 6) is -0.667. The van der Waals surface area contributed by atoms with Crippen LogP contribution in [0.1, 0.15) is 13.3 Å². The van der Waals surface area contributed by atoms with E-state index in [1.807, 2.05) is 0 Å². The lowest BCUT2D eigenvalue weighted by molar-refractivity contribution is -0.142. The Morgan fingerprint density at radius 2 is 1.77 bits per heavy atom. The first-order chi connectivity index (χ1) is 14.9. The minimum absolute atomic E-state index is 0.00471. The quantitative estimate of drug-likeness (QED) is 0.567. The number of nitrogens with zero attached hydrogens (tertiary/aromatic N) is 2. The molecule has 0 atom stereocenters. The fourth-order valence-corrected chi connectivity index (χ4v) is 4.36. The van der Waals surface area contributed by atoms with E-state index < -0.39 is 16.0 Å². The van der Waals surface area contributed by atoms with Gasteiger partial charge in [0, 0.05) is 43.3 Å². The third kappa shape index (κ3) is 6.33. The van der Waals surface area contributed by atoms with E-state index in [1.165, 1.54) is 36.4 Å². The molecule has 3 rings (SSSR count). The van der Waals surface area contributed by atoms with Crippen LogP contribution in [0.2, 0.25) is 5.02 Å². The highest BCUT2D eigenvalue weighted by molar-refractivity contribution is 7.92. The third-order valence-electron chi connectivity index (χ3n) is 4.74. The van der Waals surface area contributed by atoms with Crippen LogP contribution < -0.4 is 9.79 Å². The number of sulfonamides is 1. The lowest BCUT2D eigenvalue weighted by atomic mass is 10.3. The van der Waals surface area contributed by atoms with Gasteiger partial charge in [0.1, 0.15) is 0 Å². The number of benzene rings is 2. The van der Waals surface area contributed by atoms with Gasteiger partial charge in [-0.3, -0.25) is 4.90 Å². The molecule has 0 amide bonds. The van der Waals surface area contributed by atoms with Crippen molar-refractivity contribution in [2.75, 3.05) is 49.2 Å². The number of hydrogen-bond acceptors (Lipinski definition) is 7. The molecule has 0 radical (unpaired) electrons. The smallest absolute Gasteiger partial charge is 0.333 e. The monoisotopic (exact) mass is 467 g/mol. The normalized spacial score (nSPS) is 14.8. The zero-order chi connectivity index (χ0) is 22.3. The summed E-state index contributed by atoms with van der Waals surface area (Å²) in [7, 11) is -4.13. The van der Waals surface area contributed by atoms with Gasteiger partial charge < -0.3 is 14.9 Å². The number of hydrogen-bond donors (Lipinski definition) is 1. The zero-order valence-electron chi connectivity index (χ0n) is 17.3. The summed E-state index contributed by atoms with van der Waals surface area (Å²) >= 11 is 5.90. The van der Waals surface area contributed by atoms with Gasteiger partial charge in [-0.2, -0.15) is 8.42 Å². The molecule has 1 fully saturated rings. The van der Waals surface area contributed by atoms with E-state index >= 15 is 0 Å². The Bertz CT molecular complexity index is 962. The highest BCUT2D eigenvalue weighted by Gasteiger charge is 2.29. The average molecular weight is 468 g/mol. The van der Waals surface area contributed by atoms with E-state index in [4.69, 9.17) is 21.2 Å². The second-order valence-electron chi connectivity index (χ2n) is 6.93. The van der Waals surface area contributed by atoms with E-state index in [-0.39, 0.29) is 17.0 Å². The molecule has 1 aliphatic heterocycles. The molecule has 0 spiro atoms. The number of carbonyl (C=O) groups excluding carboxylic acids is 1. The van der Waals surface area contributed by atoms with Gasteiger partial charge in [-0.05, 0) is 48.5 Å². The summed E-state index contributed by atoms with van der Waals surface area (Å²) in [5.41, 5.74) is 0.981. The summed E-state index contributed by atoms with van der Waals surface area (Å²) in [6.07, 6.45) is 0.0333. The Kier molecular flexibility index (Phi) is 8.14. The molecule has 1 heterocycles. The molecule has 2 aromatic rings. The van der Waals surface area contributed by atoms with Gasteiger partial charge in [0.05, 0.1) is 23.8 Å². The number of ether oxygens (including phenoxy) is 1. The van der Waals surface area contributed by atoms with Crippen LogP contribution in [-0.4, -0.2) is 58.7 Å². The number of anilines is 2. The summed E-state index contributed by atoms with van der Waals surface area (Å²) in [5, 5.41) is 3.73. The van der Waals surface area contributed by atoms with Gasteiger partial charge in [-0.1, -0.05) is 23.0 Å². The Morgan fingerprint density at radius 3 is 2.39 bits per heavy atom. The summed E-state index contributed by atoms with van der Waals surface area (Å²) < 4.78 is 32.3. The first-order valence-corrected chi connectivity index (χ1v) is 11.9. The van der Waals surface area contributed by atoms with Crippen molar-refractivity contribution in [1.29, 1.82) is 0 Å². The second-order valence-corrected chi connectivity index (χ2v) is 9.12. The fourth-order valence-electron chi connectivity index (χ4n) is 2.98. The Balaban J connectivity index is 1.71. The fraction of sp³-hybridized carbons (Fsp3) is 0.381. The first kappa shape index (κ1) is 23.3. The van der Waals surface area contributed by atoms with Crippen LogP contribution in [0.15, 0.2) is 53.4 Å². The number of morpholine rings is 1. The predicted octanol–water partition coefficient (Wildman–Crippen LogP) is 3.15. The van der Waals surface area contributed by atoms with Crippen molar-refractivity contribution in [2.24, 2.45) is 0 Å². The highest BCUT2D eigenvalue weighted by atomic mass is 35.5. The lowest BCUT2D eigenvalue weighted by Gasteiger charge is -2.26. The van der Waals surface area contributed by atoms with Crippen molar-refractivity contribution in [3.63, 3.8) is 0 Å². The predicted molar refractivity (Wildman–Crippen MR) is 120 cm³/mol. The maximum absolute atomic E-state index is 13.2. The third-order valence-corrected chi connectivity index (χ3v) is 6.58. The minimum atomic E-state index is -4.13. The van der Waals surface area contributed by atoms with E-state index in [0.29, 0.717) is 9.49 Å². The van der Waals surface area contributed by atoms with Gasteiger partial charge in [0.2, 0.25) is 0 Å². The first-order valence-electron chi connectivity index (χ1n) is 10.1. The molecular weight excluding hydrogens is 442 g/mol. The second kappa shape index (κ2) is 10.8. The molecule has 0 aliphatic carbocycles. The molecule has 1 aliphatic rings.